The van der Waals surface area contributed by atoms with Gasteiger partial charge in [-0.2, -0.15) is 0 Å². The summed E-state index contributed by atoms with van der Waals surface area (Å²) in [5.41, 5.74) is 3.91. The van der Waals surface area contributed by atoms with Gasteiger partial charge < -0.3 is 5.32 Å². The molecule has 0 bridgehead atoms. The first kappa shape index (κ1) is 7.69. The van der Waals surface area contributed by atoms with Crippen LogP contribution in [0.2, 0.25) is 0 Å². The zero-order valence-corrected chi connectivity index (χ0v) is 8.40. The Labute approximate surface area is 88.3 Å². The molecule has 1 aliphatic carbocycles. The summed E-state index contributed by atoms with van der Waals surface area (Å²) in [6, 6.07) is 8.60. The van der Waals surface area contributed by atoms with Crippen molar-refractivity contribution in [2.24, 2.45) is 5.92 Å². The number of nitrogens with one attached hydrogen (secondary N) is 1. The average Bonchev–Trinajstić information content (AvgIpc) is 3.07. The highest BCUT2D eigenvalue weighted by molar-refractivity contribution is 5.93. The third kappa shape index (κ3) is 0.965. The van der Waals surface area contributed by atoms with Gasteiger partial charge in [-0.05, 0) is 29.9 Å². The highest BCUT2D eigenvalue weighted by Crippen LogP contribution is 2.53. The van der Waals surface area contributed by atoms with Crippen LogP contribution in [0.15, 0.2) is 30.5 Å². The number of hydrogen-bond donors (Lipinski definition) is 1. The molecule has 0 amide bonds. The fourth-order valence-corrected chi connectivity index (χ4v) is 2.74. The molecule has 15 heavy (non-hydrogen) atoms. The molecule has 1 aliphatic heterocycles. The van der Waals surface area contributed by atoms with Gasteiger partial charge in [0.1, 0.15) is 0 Å². The quantitative estimate of drug-likeness (QED) is 0.700. The first-order chi connectivity index (χ1) is 7.43. The number of aromatic nitrogens is 1. The van der Waals surface area contributed by atoms with Crippen molar-refractivity contribution >= 4 is 16.6 Å². The van der Waals surface area contributed by atoms with Crippen molar-refractivity contribution in [1.82, 2.24) is 4.98 Å². The van der Waals surface area contributed by atoms with Crippen LogP contribution >= 0.6 is 0 Å². The Kier molecular flexibility index (Phi) is 1.29. The minimum atomic E-state index is 0.813. The lowest BCUT2D eigenvalue weighted by Gasteiger charge is -2.18. The van der Waals surface area contributed by atoms with E-state index in [-0.39, 0.29) is 0 Å². The molecule has 0 radical (unpaired) electrons. The van der Waals surface area contributed by atoms with Gasteiger partial charge in [0.05, 0.1) is 11.2 Å². The Morgan fingerprint density at radius 1 is 1.27 bits per heavy atom. The summed E-state index contributed by atoms with van der Waals surface area (Å²) in [6.07, 6.45) is 3.24. The number of nitrogens with zero attached hydrogens (tertiary/aromatic N) is 1. The topological polar surface area (TPSA) is 24.9 Å². The summed E-state index contributed by atoms with van der Waals surface area (Å²) >= 11 is 0. The van der Waals surface area contributed by atoms with Crippen LogP contribution in [0.5, 0.6) is 0 Å². The van der Waals surface area contributed by atoms with Crippen LogP contribution in [0.1, 0.15) is 17.9 Å². The van der Waals surface area contributed by atoms with E-state index in [0.29, 0.717) is 0 Å². The van der Waals surface area contributed by atoms with Crippen molar-refractivity contribution in [3.63, 3.8) is 0 Å². The standard InChI is InChI=1S/C13H12N2/c1-2-8-3-4-10-11-6-9(11)7-15-13(10)12(8)14-5-1/h1-5,9,11,15H,6-7H2. The summed E-state index contributed by atoms with van der Waals surface area (Å²) in [7, 11) is 0. The fourth-order valence-electron chi connectivity index (χ4n) is 2.74. The Hall–Kier alpha value is -1.57. The van der Waals surface area contributed by atoms with Crippen molar-refractivity contribution in [3.8, 4) is 0 Å². The number of rotatable bonds is 0. The lowest BCUT2D eigenvalue weighted by molar-refractivity contribution is 0.818. The van der Waals surface area contributed by atoms with E-state index in [2.05, 4.69) is 28.5 Å². The average molecular weight is 196 g/mol. The Morgan fingerprint density at radius 2 is 2.27 bits per heavy atom. The van der Waals surface area contributed by atoms with E-state index in [9.17, 15) is 0 Å². The maximum atomic E-state index is 4.48. The highest BCUT2D eigenvalue weighted by atomic mass is 14.9. The van der Waals surface area contributed by atoms with Crippen molar-refractivity contribution in [3.05, 3.63) is 36.0 Å². The first-order valence-corrected chi connectivity index (χ1v) is 5.55. The molecule has 2 unspecified atom stereocenters. The monoisotopic (exact) mass is 196 g/mol. The van der Waals surface area contributed by atoms with E-state index < -0.39 is 0 Å². The molecule has 0 spiro atoms. The van der Waals surface area contributed by atoms with Gasteiger partial charge in [-0.3, -0.25) is 4.98 Å². The van der Waals surface area contributed by atoms with Crippen LogP contribution in [0.4, 0.5) is 5.69 Å². The lowest BCUT2D eigenvalue weighted by atomic mass is 10.0. The van der Waals surface area contributed by atoms with Gasteiger partial charge in [-0.1, -0.05) is 18.2 Å². The molecule has 2 atom stereocenters. The van der Waals surface area contributed by atoms with Gasteiger partial charge in [0.15, 0.2) is 0 Å². The van der Waals surface area contributed by atoms with Crippen LogP contribution in [0, 0.1) is 5.92 Å². The minimum absolute atomic E-state index is 0.813. The van der Waals surface area contributed by atoms with Crippen molar-refractivity contribution < 1.29 is 0 Å². The molecule has 2 heterocycles. The van der Waals surface area contributed by atoms with Crippen LogP contribution in [-0.2, 0) is 0 Å². The van der Waals surface area contributed by atoms with Gasteiger partial charge in [-0.25, -0.2) is 0 Å². The molecular formula is C13H12N2. The molecule has 1 aromatic carbocycles. The zero-order valence-electron chi connectivity index (χ0n) is 8.40. The second-order valence-corrected chi connectivity index (χ2v) is 4.59. The number of pyridine rings is 1. The van der Waals surface area contributed by atoms with Gasteiger partial charge in [0, 0.05) is 18.1 Å². The van der Waals surface area contributed by atoms with E-state index in [0.717, 1.165) is 23.9 Å². The third-order valence-corrected chi connectivity index (χ3v) is 3.67. The molecule has 1 N–H and O–H groups in total. The molecule has 2 aromatic rings. The number of benzene rings is 1. The normalized spacial score (nSPS) is 26.7. The summed E-state index contributed by atoms with van der Waals surface area (Å²) in [5, 5.41) is 4.77. The number of anilines is 1. The minimum Gasteiger partial charge on any atom is -0.383 e. The van der Waals surface area contributed by atoms with Crippen LogP contribution in [-0.4, -0.2) is 11.5 Å². The summed E-state index contributed by atoms with van der Waals surface area (Å²) in [5.74, 6) is 1.70. The van der Waals surface area contributed by atoms with Gasteiger partial charge >= 0.3 is 0 Å². The second kappa shape index (κ2) is 2.51. The molecule has 1 fully saturated rings. The van der Waals surface area contributed by atoms with Gasteiger partial charge in [0.25, 0.3) is 0 Å². The maximum Gasteiger partial charge on any atom is 0.0936 e. The van der Waals surface area contributed by atoms with Crippen LogP contribution < -0.4 is 5.32 Å². The Bertz CT molecular complexity index is 547. The smallest absolute Gasteiger partial charge is 0.0936 e. The molecule has 1 saturated carbocycles. The van der Waals surface area contributed by atoms with E-state index in [1.54, 1.807) is 0 Å². The van der Waals surface area contributed by atoms with Gasteiger partial charge in [0.2, 0.25) is 0 Å². The molecule has 4 rings (SSSR count). The molecular weight excluding hydrogens is 184 g/mol. The Morgan fingerprint density at radius 3 is 3.27 bits per heavy atom. The van der Waals surface area contributed by atoms with Crippen molar-refractivity contribution in [2.75, 3.05) is 11.9 Å². The first-order valence-electron chi connectivity index (χ1n) is 5.55. The second-order valence-electron chi connectivity index (χ2n) is 4.59. The van der Waals surface area contributed by atoms with Gasteiger partial charge in [-0.15, -0.1) is 0 Å². The van der Waals surface area contributed by atoms with E-state index in [1.807, 2.05) is 12.3 Å². The summed E-state index contributed by atoms with van der Waals surface area (Å²) < 4.78 is 0. The molecule has 2 nitrogen and oxygen atoms in total. The predicted molar refractivity (Wildman–Crippen MR) is 61.1 cm³/mol. The molecule has 0 saturated heterocycles. The zero-order chi connectivity index (χ0) is 9.83. The van der Waals surface area contributed by atoms with E-state index >= 15 is 0 Å². The van der Waals surface area contributed by atoms with Crippen LogP contribution in [0.25, 0.3) is 10.9 Å². The highest BCUT2D eigenvalue weighted by Gasteiger charge is 2.42. The van der Waals surface area contributed by atoms with Crippen LogP contribution in [0.3, 0.4) is 0 Å². The largest absolute Gasteiger partial charge is 0.383 e. The van der Waals surface area contributed by atoms with E-state index in [1.165, 1.54) is 23.1 Å². The molecule has 74 valence electrons. The number of fused-ring (bicyclic) bond motifs is 5. The fraction of sp³-hybridized carbons (Fsp3) is 0.308. The molecule has 2 heteroatoms. The maximum absolute atomic E-state index is 4.48. The summed E-state index contributed by atoms with van der Waals surface area (Å²) in [4.78, 5) is 4.48. The predicted octanol–water partition coefficient (Wildman–Crippen LogP) is 2.76. The molecule has 2 aliphatic rings. The lowest BCUT2D eigenvalue weighted by Crippen LogP contribution is -2.12. The Balaban J connectivity index is 2.07. The van der Waals surface area contributed by atoms with Crippen molar-refractivity contribution in [2.45, 2.75) is 12.3 Å². The molecule has 1 aromatic heterocycles. The van der Waals surface area contributed by atoms with E-state index in [4.69, 9.17) is 0 Å². The SMILES string of the molecule is c1cnc2c3c(ccc2c1)C1CC1CN3. The summed E-state index contributed by atoms with van der Waals surface area (Å²) in [6.45, 7) is 1.13. The van der Waals surface area contributed by atoms with Crippen molar-refractivity contribution in [1.29, 1.82) is 0 Å². The third-order valence-electron chi connectivity index (χ3n) is 3.67. The number of hydrogen-bond acceptors (Lipinski definition) is 2.